The van der Waals surface area contributed by atoms with Crippen molar-refractivity contribution < 1.29 is 13.2 Å². The fourth-order valence-electron chi connectivity index (χ4n) is 2.82. The molecule has 0 atom stereocenters. The first-order chi connectivity index (χ1) is 12.6. The van der Waals surface area contributed by atoms with Crippen LogP contribution in [0, 0.1) is 0 Å². The summed E-state index contributed by atoms with van der Waals surface area (Å²) in [6.45, 7) is 4.99. The number of rotatable bonds is 7. The van der Waals surface area contributed by atoms with E-state index in [4.69, 9.17) is 4.74 Å². The van der Waals surface area contributed by atoms with Gasteiger partial charge in [0.1, 0.15) is 5.82 Å². The molecule has 26 heavy (non-hydrogen) atoms. The normalized spacial score (nSPS) is 14.9. The Kier molecular flexibility index (Phi) is 5.95. The number of hydrogen-bond acceptors (Lipinski definition) is 6. The van der Waals surface area contributed by atoms with E-state index in [2.05, 4.69) is 26.0 Å². The number of ether oxygens (including phenoxy) is 1. The molecule has 0 unspecified atom stereocenters. The van der Waals surface area contributed by atoms with Crippen LogP contribution in [0.4, 0.5) is 22.9 Å². The maximum absolute atomic E-state index is 11.8. The number of pyridine rings is 1. The molecule has 3 rings (SSSR count). The Hall–Kier alpha value is -2.32. The highest BCUT2D eigenvalue weighted by Crippen LogP contribution is 2.29. The SMILES string of the molecule is CCCS(=O)(=O)Nc1ccc(Nc2ccccc2N2CCOCC2)cn1. The number of aromatic nitrogens is 1. The summed E-state index contributed by atoms with van der Waals surface area (Å²) in [4.78, 5) is 6.48. The molecule has 1 aliphatic rings. The topological polar surface area (TPSA) is 83.6 Å². The summed E-state index contributed by atoms with van der Waals surface area (Å²) in [7, 11) is -3.33. The Balaban J connectivity index is 1.72. The molecule has 0 bridgehead atoms. The van der Waals surface area contributed by atoms with E-state index in [-0.39, 0.29) is 5.75 Å². The number of morpholine rings is 1. The second kappa shape index (κ2) is 8.37. The number of nitrogens with one attached hydrogen (secondary N) is 2. The fraction of sp³-hybridized carbons (Fsp3) is 0.389. The lowest BCUT2D eigenvalue weighted by molar-refractivity contribution is 0.123. The quantitative estimate of drug-likeness (QED) is 0.773. The highest BCUT2D eigenvalue weighted by molar-refractivity contribution is 7.92. The van der Waals surface area contributed by atoms with E-state index < -0.39 is 10.0 Å². The molecule has 0 radical (unpaired) electrons. The Morgan fingerprint density at radius 3 is 2.62 bits per heavy atom. The number of para-hydroxylation sites is 2. The molecule has 1 aromatic carbocycles. The van der Waals surface area contributed by atoms with Gasteiger partial charge in [-0.25, -0.2) is 13.4 Å². The summed E-state index contributed by atoms with van der Waals surface area (Å²) >= 11 is 0. The van der Waals surface area contributed by atoms with Crippen LogP contribution >= 0.6 is 0 Å². The van der Waals surface area contributed by atoms with Crippen LogP contribution in [0.2, 0.25) is 0 Å². The lowest BCUT2D eigenvalue weighted by Crippen LogP contribution is -2.36. The van der Waals surface area contributed by atoms with Crippen molar-refractivity contribution >= 4 is 32.9 Å². The van der Waals surface area contributed by atoms with Crippen LogP contribution in [0.15, 0.2) is 42.6 Å². The first-order valence-corrected chi connectivity index (χ1v) is 10.4. The van der Waals surface area contributed by atoms with Gasteiger partial charge in [0.15, 0.2) is 0 Å². The summed E-state index contributed by atoms with van der Waals surface area (Å²) in [5, 5.41) is 3.36. The zero-order valence-corrected chi connectivity index (χ0v) is 15.6. The minimum atomic E-state index is -3.33. The van der Waals surface area contributed by atoms with Crippen LogP contribution in [0.3, 0.4) is 0 Å². The van der Waals surface area contributed by atoms with E-state index in [9.17, 15) is 8.42 Å². The summed E-state index contributed by atoms with van der Waals surface area (Å²) < 4.78 is 31.5. The van der Waals surface area contributed by atoms with Crippen molar-refractivity contribution in [2.45, 2.75) is 13.3 Å². The van der Waals surface area contributed by atoms with Crippen molar-refractivity contribution in [2.24, 2.45) is 0 Å². The van der Waals surface area contributed by atoms with E-state index in [0.717, 1.165) is 43.4 Å². The van der Waals surface area contributed by atoms with Crippen LogP contribution in [-0.2, 0) is 14.8 Å². The number of nitrogens with zero attached hydrogens (tertiary/aromatic N) is 2. The second-order valence-corrected chi connectivity index (χ2v) is 7.94. The van der Waals surface area contributed by atoms with E-state index in [1.807, 2.05) is 31.2 Å². The molecule has 2 N–H and O–H groups in total. The molecule has 1 aromatic heterocycles. The minimum absolute atomic E-state index is 0.0849. The first kappa shape index (κ1) is 18.5. The van der Waals surface area contributed by atoms with E-state index in [1.54, 1.807) is 12.3 Å². The molecular formula is C18H24N4O3S. The van der Waals surface area contributed by atoms with Gasteiger partial charge in [0, 0.05) is 13.1 Å². The van der Waals surface area contributed by atoms with Crippen LogP contribution in [-0.4, -0.2) is 45.5 Å². The predicted molar refractivity (Wildman–Crippen MR) is 105 cm³/mol. The van der Waals surface area contributed by atoms with Crippen molar-refractivity contribution in [1.82, 2.24) is 4.98 Å². The zero-order valence-electron chi connectivity index (χ0n) is 14.8. The molecule has 7 nitrogen and oxygen atoms in total. The number of benzene rings is 1. The molecule has 0 amide bonds. The van der Waals surface area contributed by atoms with Crippen LogP contribution in [0.25, 0.3) is 0 Å². The van der Waals surface area contributed by atoms with Crippen LogP contribution in [0.5, 0.6) is 0 Å². The largest absolute Gasteiger partial charge is 0.378 e. The molecule has 140 valence electrons. The monoisotopic (exact) mass is 376 g/mol. The third-order valence-corrected chi connectivity index (χ3v) is 5.50. The number of anilines is 4. The van der Waals surface area contributed by atoms with Gasteiger partial charge in [0.2, 0.25) is 10.0 Å². The average molecular weight is 376 g/mol. The first-order valence-electron chi connectivity index (χ1n) is 8.73. The van der Waals surface area contributed by atoms with Crippen molar-refractivity contribution in [1.29, 1.82) is 0 Å². The molecule has 0 saturated carbocycles. The van der Waals surface area contributed by atoms with E-state index in [0.29, 0.717) is 12.2 Å². The highest BCUT2D eigenvalue weighted by atomic mass is 32.2. The number of sulfonamides is 1. The van der Waals surface area contributed by atoms with Crippen LogP contribution < -0.4 is 14.9 Å². The van der Waals surface area contributed by atoms with Gasteiger partial charge in [-0.1, -0.05) is 19.1 Å². The van der Waals surface area contributed by atoms with Gasteiger partial charge in [-0.3, -0.25) is 4.72 Å². The van der Waals surface area contributed by atoms with Gasteiger partial charge >= 0.3 is 0 Å². The molecule has 1 saturated heterocycles. The van der Waals surface area contributed by atoms with Crippen molar-refractivity contribution in [3.8, 4) is 0 Å². The van der Waals surface area contributed by atoms with Gasteiger partial charge in [0.25, 0.3) is 0 Å². The summed E-state index contributed by atoms with van der Waals surface area (Å²) in [6.07, 6.45) is 2.19. The van der Waals surface area contributed by atoms with Crippen molar-refractivity contribution in [3.05, 3.63) is 42.6 Å². The molecule has 8 heteroatoms. The fourth-order valence-corrected chi connectivity index (χ4v) is 3.90. The zero-order chi connectivity index (χ0) is 18.4. The van der Waals surface area contributed by atoms with Gasteiger partial charge in [-0.05, 0) is 30.7 Å². The Morgan fingerprint density at radius 2 is 1.92 bits per heavy atom. The maximum Gasteiger partial charge on any atom is 0.233 e. The standard InChI is InChI=1S/C18H24N4O3S/c1-2-13-26(23,24)21-18-8-7-15(14-19-18)20-16-5-3-4-6-17(16)22-9-11-25-12-10-22/h3-8,14,20H,2,9-13H2,1H3,(H,19,21). The van der Waals surface area contributed by atoms with Crippen molar-refractivity contribution in [3.63, 3.8) is 0 Å². The number of hydrogen-bond donors (Lipinski definition) is 2. The summed E-state index contributed by atoms with van der Waals surface area (Å²) in [5.41, 5.74) is 2.89. The molecule has 1 fully saturated rings. The van der Waals surface area contributed by atoms with E-state index in [1.165, 1.54) is 0 Å². The minimum Gasteiger partial charge on any atom is -0.378 e. The maximum atomic E-state index is 11.8. The Morgan fingerprint density at radius 1 is 1.15 bits per heavy atom. The molecule has 0 spiro atoms. The predicted octanol–water partition coefficient (Wildman–Crippen LogP) is 2.81. The average Bonchev–Trinajstić information content (AvgIpc) is 2.64. The third kappa shape index (κ3) is 4.86. The van der Waals surface area contributed by atoms with Gasteiger partial charge in [-0.15, -0.1) is 0 Å². The second-order valence-electron chi connectivity index (χ2n) is 6.09. The highest BCUT2D eigenvalue weighted by Gasteiger charge is 2.15. The van der Waals surface area contributed by atoms with Crippen molar-refractivity contribution in [2.75, 3.05) is 47.0 Å². The summed E-state index contributed by atoms with van der Waals surface area (Å²) in [6, 6.07) is 11.6. The van der Waals surface area contributed by atoms with Gasteiger partial charge in [0.05, 0.1) is 42.2 Å². The van der Waals surface area contributed by atoms with Gasteiger partial charge < -0.3 is 15.0 Å². The molecule has 2 aromatic rings. The lowest BCUT2D eigenvalue weighted by Gasteiger charge is -2.30. The smallest absolute Gasteiger partial charge is 0.233 e. The van der Waals surface area contributed by atoms with Gasteiger partial charge in [-0.2, -0.15) is 0 Å². The Labute approximate surface area is 154 Å². The molecule has 1 aliphatic heterocycles. The summed E-state index contributed by atoms with van der Waals surface area (Å²) in [5.74, 6) is 0.409. The molecule has 2 heterocycles. The van der Waals surface area contributed by atoms with Crippen LogP contribution in [0.1, 0.15) is 13.3 Å². The third-order valence-electron chi connectivity index (χ3n) is 4.03. The molecule has 0 aliphatic carbocycles. The van der Waals surface area contributed by atoms with E-state index >= 15 is 0 Å². The Bertz CT molecular complexity index is 819. The lowest BCUT2D eigenvalue weighted by atomic mass is 10.2. The molecular weight excluding hydrogens is 352 g/mol.